The zero-order chi connectivity index (χ0) is 15.9. The number of nitrogens with zero attached hydrogens (tertiary/aromatic N) is 2. The van der Waals surface area contributed by atoms with Crippen molar-refractivity contribution in [2.75, 3.05) is 26.8 Å². The summed E-state index contributed by atoms with van der Waals surface area (Å²) in [6, 6.07) is 3.93. The Balaban J connectivity index is 2.01. The lowest BCUT2D eigenvalue weighted by Crippen LogP contribution is -2.38. The van der Waals surface area contributed by atoms with E-state index in [-0.39, 0.29) is 25.4 Å². The Hall–Kier alpha value is -1.77. The fraction of sp³-hybridized carbons (Fsp3) is 0.357. The summed E-state index contributed by atoms with van der Waals surface area (Å²) >= 11 is 3.07. The number of aromatic nitrogens is 1. The zero-order valence-corrected chi connectivity index (χ0v) is 13.7. The van der Waals surface area contributed by atoms with Crippen molar-refractivity contribution in [1.29, 1.82) is 0 Å². The highest BCUT2D eigenvalue weighted by Gasteiger charge is 2.18. The lowest BCUT2D eigenvalue weighted by molar-refractivity contribution is -0.144. The van der Waals surface area contributed by atoms with Gasteiger partial charge in [0, 0.05) is 19.0 Å². The number of hydrogen-bond donors (Lipinski definition) is 1. The summed E-state index contributed by atoms with van der Waals surface area (Å²) in [5.74, 6) is -1.30. The molecule has 0 aromatic carbocycles. The van der Waals surface area contributed by atoms with E-state index in [1.165, 1.54) is 23.3 Å². The second-order valence-corrected chi connectivity index (χ2v) is 6.31. The summed E-state index contributed by atoms with van der Waals surface area (Å²) in [5, 5.41) is 13.6. The predicted molar refractivity (Wildman–Crippen MR) is 85.2 cm³/mol. The Morgan fingerprint density at radius 3 is 2.86 bits per heavy atom. The molecule has 0 aliphatic carbocycles. The molecule has 0 aliphatic rings. The highest BCUT2D eigenvalue weighted by Crippen LogP contribution is 2.27. The van der Waals surface area contributed by atoms with Gasteiger partial charge in [-0.2, -0.15) is 0 Å². The Morgan fingerprint density at radius 1 is 1.41 bits per heavy atom. The molecule has 0 radical (unpaired) electrons. The fourth-order valence-corrected chi connectivity index (χ4v) is 3.46. The van der Waals surface area contributed by atoms with Crippen LogP contribution in [0.3, 0.4) is 0 Å². The highest BCUT2D eigenvalue weighted by molar-refractivity contribution is 7.20. The highest BCUT2D eigenvalue weighted by atomic mass is 32.1. The number of amides is 1. The van der Waals surface area contributed by atoms with Gasteiger partial charge in [-0.1, -0.05) is 6.07 Å². The van der Waals surface area contributed by atoms with Crippen LogP contribution in [0.5, 0.6) is 0 Å². The second kappa shape index (κ2) is 8.02. The third-order valence-corrected chi connectivity index (χ3v) is 4.79. The lowest BCUT2D eigenvalue weighted by atomic mass is 10.3. The first-order chi connectivity index (χ1) is 10.6. The smallest absolute Gasteiger partial charge is 0.323 e. The zero-order valence-electron chi connectivity index (χ0n) is 12.0. The Morgan fingerprint density at radius 2 is 2.23 bits per heavy atom. The molecule has 2 heterocycles. The van der Waals surface area contributed by atoms with Gasteiger partial charge in [-0.05, 0) is 11.4 Å². The van der Waals surface area contributed by atoms with Crippen LogP contribution in [0.25, 0.3) is 9.88 Å². The molecule has 0 bridgehead atoms. The van der Waals surface area contributed by atoms with Crippen LogP contribution in [0.2, 0.25) is 0 Å². The SMILES string of the molecule is COCCN(CC(=O)O)C(=O)Cc1csc(-c2cccs2)n1. The van der Waals surface area contributed by atoms with Crippen LogP contribution in [-0.2, 0) is 20.7 Å². The van der Waals surface area contributed by atoms with Crippen molar-refractivity contribution in [3.63, 3.8) is 0 Å². The van der Waals surface area contributed by atoms with E-state index in [4.69, 9.17) is 9.84 Å². The Bertz CT molecular complexity index is 625. The van der Waals surface area contributed by atoms with E-state index in [0.29, 0.717) is 12.3 Å². The molecule has 118 valence electrons. The van der Waals surface area contributed by atoms with Gasteiger partial charge in [-0.25, -0.2) is 4.98 Å². The number of hydrogen-bond acceptors (Lipinski definition) is 6. The second-order valence-electron chi connectivity index (χ2n) is 4.50. The van der Waals surface area contributed by atoms with Crippen LogP contribution in [0, 0.1) is 0 Å². The van der Waals surface area contributed by atoms with E-state index in [9.17, 15) is 9.59 Å². The van der Waals surface area contributed by atoms with Crippen molar-refractivity contribution in [2.45, 2.75) is 6.42 Å². The van der Waals surface area contributed by atoms with E-state index in [2.05, 4.69) is 4.98 Å². The summed E-state index contributed by atoms with van der Waals surface area (Å²) in [6.45, 7) is 0.226. The van der Waals surface area contributed by atoms with Crippen LogP contribution in [0.15, 0.2) is 22.9 Å². The molecule has 0 saturated carbocycles. The van der Waals surface area contributed by atoms with Crippen LogP contribution in [-0.4, -0.2) is 53.7 Å². The Kier molecular flexibility index (Phi) is 6.05. The van der Waals surface area contributed by atoms with E-state index >= 15 is 0 Å². The van der Waals surface area contributed by atoms with Crippen molar-refractivity contribution in [3.05, 3.63) is 28.6 Å². The number of methoxy groups -OCH3 is 1. The summed E-state index contributed by atoms with van der Waals surface area (Å²) < 4.78 is 4.91. The van der Waals surface area contributed by atoms with Gasteiger partial charge in [0.25, 0.3) is 0 Å². The van der Waals surface area contributed by atoms with Crippen molar-refractivity contribution < 1.29 is 19.4 Å². The van der Waals surface area contributed by atoms with Gasteiger partial charge in [-0.15, -0.1) is 22.7 Å². The molecule has 22 heavy (non-hydrogen) atoms. The number of carbonyl (C=O) groups excluding carboxylic acids is 1. The van der Waals surface area contributed by atoms with Crippen LogP contribution in [0.1, 0.15) is 5.69 Å². The van der Waals surface area contributed by atoms with Crippen LogP contribution >= 0.6 is 22.7 Å². The molecule has 8 heteroatoms. The van der Waals surface area contributed by atoms with Crippen LogP contribution < -0.4 is 0 Å². The van der Waals surface area contributed by atoms with Gasteiger partial charge in [0.1, 0.15) is 11.6 Å². The standard InChI is InChI=1S/C14H16N2O4S2/c1-20-5-4-16(8-13(18)19)12(17)7-10-9-22-14(15-10)11-3-2-6-21-11/h2-3,6,9H,4-5,7-8H2,1H3,(H,18,19). The first-order valence-corrected chi connectivity index (χ1v) is 8.33. The first kappa shape index (κ1) is 16.6. The molecule has 0 spiro atoms. The summed E-state index contributed by atoms with van der Waals surface area (Å²) in [5.41, 5.74) is 0.659. The molecule has 0 aliphatic heterocycles. The molecular weight excluding hydrogens is 324 g/mol. The maximum Gasteiger partial charge on any atom is 0.323 e. The van der Waals surface area contributed by atoms with Crippen molar-refractivity contribution in [3.8, 4) is 9.88 Å². The molecule has 2 rings (SSSR count). The summed E-state index contributed by atoms with van der Waals surface area (Å²) in [7, 11) is 1.51. The van der Waals surface area contributed by atoms with Crippen LogP contribution in [0.4, 0.5) is 0 Å². The number of thiazole rings is 1. The number of thiophene rings is 1. The molecule has 0 saturated heterocycles. The normalized spacial score (nSPS) is 10.6. The van der Waals surface area contributed by atoms with E-state index in [0.717, 1.165) is 9.88 Å². The number of ether oxygens (including phenoxy) is 1. The average molecular weight is 340 g/mol. The molecular formula is C14H16N2O4S2. The number of carbonyl (C=O) groups is 2. The summed E-state index contributed by atoms with van der Waals surface area (Å²) in [4.78, 5) is 29.8. The largest absolute Gasteiger partial charge is 0.480 e. The van der Waals surface area contributed by atoms with Gasteiger partial charge in [0.15, 0.2) is 0 Å². The maximum absolute atomic E-state index is 12.2. The number of rotatable bonds is 8. The summed E-state index contributed by atoms with van der Waals surface area (Å²) in [6.07, 6.45) is 0.0961. The predicted octanol–water partition coefficient (Wildman–Crippen LogP) is 1.97. The fourth-order valence-electron chi connectivity index (χ4n) is 1.83. The number of carboxylic acids is 1. The van der Waals surface area contributed by atoms with Gasteiger partial charge < -0.3 is 14.7 Å². The topological polar surface area (TPSA) is 79.7 Å². The van der Waals surface area contributed by atoms with Gasteiger partial charge in [-0.3, -0.25) is 9.59 Å². The molecule has 0 unspecified atom stereocenters. The molecule has 0 fully saturated rings. The minimum absolute atomic E-state index is 0.0961. The van der Waals surface area contributed by atoms with Gasteiger partial charge >= 0.3 is 5.97 Å². The monoisotopic (exact) mass is 340 g/mol. The Labute approximate surface area is 136 Å². The molecule has 0 atom stereocenters. The number of carboxylic acid groups (broad SMARTS) is 1. The van der Waals surface area contributed by atoms with Gasteiger partial charge in [0.2, 0.25) is 5.91 Å². The third kappa shape index (κ3) is 4.62. The molecule has 6 nitrogen and oxygen atoms in total. The lowest BCUT2D eigenvalue weighted by Gasteiger charge is -2.19. The van der Waals surface area contributed by atoms with Gasteiger partial charge in [0.05, 0.1) is 23.6 Å². The van der Waals surface area contributed by atoms with Crippen molar-refractivity contribution >= 4 is 34.6 Å². The molecule has 2 aromatic heterocycles. The average Bonchev–Trinajstić information content (AvgIpc) is 3.13. The van der Waals surface area contributed by atoms with E-state index in [1.54, 1.807) is 11.3 Å². The molecule has 1 amide bonds. The van der Waals surface area contributed by atoms with E-state index < -0.39 is 5.97 Å². The molecule has 1 N–H and O–H groups in total. The maximum atomic E-state index is 12.2. The number of aliphatic carboxylic acids is 1. The molecule has 2 aromatic rings. The third-order valence-electron chi connectivity index (χ3n) is 2.86. The minimum atomic E-state index is -1.04. The minimum Gasteiger partial charge on any atom is -0.480 e. The quantitative estimate of drug-likeness (QED) is 0.795. The van der Waals surface area contributed by atoms with Crippen molar-refractivity contribution in [2.24, 2.45) is 0 Å². The van der Waals surface area contributed by atoms with Crippen molar-refractivity contribution in [1.82, 2.24) is 9.88 Å². The van der Waals surface area contributed by atoms with E-state index in [1.807, 2.05) is 22.9 Å². The first-order valence-electron chi connectivity index (χ1n) is 6.57.